The van der Waals surface area contributed by atoms with Crippen molar-refractivity contribution >= 4 is 22.6 Å². The number of aromatic nitrogens is 4. The molecule has 0 unspecified atom stereocenters. The van der Waals surface area contributed by atoms with E-state index < -0.39 is 12.5 Å². The van der Waals surface area contributed by atoms with Crippen LogP contribution in [-0.4, -0.2) is 38.2 Å². The van der Waals surface area contributed by atoms with E-state index in [9.17, 15) is 13.6 Å². The van der Waals surface area contributed by atoms with Crippen LogP contribution in [0.2, 0.25) is 0 Å². The van der Waals surface area contributed by atoms with E-state index in [2.05, 4.69) is 20.4 Å². The maximum absolute atomic E-state index is 13.0. The Kier molecular flexibility index (Phi) is 5.76. The molecule has 0 aliphatic carbocycles. The summed E-state index contributed by atoms with van der Waals surface area (Å²) < 4.78 is 32.8. The third-order valence-corrected chi connectivity index (χ3v) is 4.17. The summed E-state index contributed by atoms with van der Waals surface area (Å²) in [4.78, 5) is 20.5. The largest absolute Gasteiger partial charge is 0.485 e. The summed E-state index contributed by atoms with van der Waals surface area (Å²) in [6.45, 7) is 5.87. The first kappa shape index (κ1) is 20.6. The first-order valence-electron chi connectivity index (χ1n) is 9.21. The molecule has 9 heteroatoms. The van der Waals surface area contributed by atoms with Crippen molar-refractivity contribution in [2.24, 2.45) is 5.92 Å². The molecule has 0 fully saturated rings. The Morgan fingerprint density at radius 1 is 1.34 bits per heavy atom. The Bertz CT molecular complexity index is 1030. The molecule has 0 aliphatic rings. The molecular weight excluding hydrogens is 380 g/mol. The molecule has 3 aromatic heterocycles. The van der Waals surface area contributed by atoms with Gasteiger partial charge in [-0.2, -0.15) is 5.10 Å². The second-order valence-electron chi connectivity index (χ2n) is 7.36. The van der Waals surface area contributed by atoms with E-state index in [-0.39, 0.29) is 11.8 Å². The fourth-order valence-electron chi connectivity index (χ4n) is 2.65. The van der Waals surface area contributed by atoms with Crippen LogP contribution in [0.25, 0.3) is 10.9 Å². The van der Waals surface area contributed by atoms with Crippen LogP contribution in [-0.2, 0) is 11.3 Å². The highest BCUT2D eigenvalue weighted by molar-refractivity contribution is 5.99. The highest BCUT2D eigenvalue weighted by atomic mass is 19.3. The number of rotatable bonds is 7. The quantitative estimate of drug-likeness (QED) is 0.649. The molecule has 3 heterocycles. The van der Waals surface area contributed by atoms with Gasteiger partial charge < -0.3 is 10.1 Å². The SMILES string of the molecule is Cc1cc(Cn2cc3c(NC(=O)C(C)C)nccc3n2)ncc1OCC(C)(F)F. The number of aryl methyl sites for hydroxylation is 1. The minimum Gasteiger partial charge on any atom is -0.485 e. The van der Waals surface area contributed by atoms with Gasteiger partial charge in [-0.25, -0.2) is 13.8 Å². The van der Waals surface area contributed by atoms with Crippen molar-refractivity contribution in [1.82, 2.24) is 19.7 Å². The molecule has 3 aromatic rings. The summed E-state index contributed by atoms with van der Waals surface area (Å²) >= 11 is 0. The van der Waals surface area contributed by atoms with Crippen molar-refractivity contribution in [1.29, 1.82) is 0 Å². The predicted octanol–water partition coefficient (Wildman–Crippen LogP) is 3.81. The number of ether oxygens (including phenoxy) is 1. The molecule has 1 amide bonds. The van der Waals surface area contributed by atoms with Crippen LogP contribution in [0.3, 0.4) is 0 Å². The average molecular weight is 403 g/mol. The number of hydrogen-bond acceptors (Lipinski definition) is 5. The van der Waals surface area contributed by atoms with Gasteiger partial charge >= 0.3 is 0 Å². The van der Waals surface area contributed by atoms with Crippen molar-refractivity contribution in [2.45, 2.75) is 40.2 Å². The number of anilines is 1. The van der Waals surface area contributed by atoms with E-state index in [4.69, 9.17) is 4.74 Å². The van der Waals surface area contributed by atoms with Crippen molar-refractivity contribution in [3.05, 3.63) is 42.0 Å². The Hall–Kier alpha value is -3.10. The van der Waals surface area contributed by atoms with Gasteiger partial charge in [0.15, 0.2) is 6.61 Å². The van der Waals surface area contributed by atoms with Crippen LogP contribution < -0.4 is 10.1 Å². The first-order valence-corrected chi connectivity index (χ1v) is 9.21. The summed E-state index contributed by atoms with van der Waals surface area (Å²) in [5, 5.41) is 8.03. The number of pyridine rings is 2. The average Bonchev–Trinajstić information content (AvgIpc) is 3.03. The lowest BCUT2D eigenvalue weighted by Crippen LogP contribution is -2.21. The fourth-order valence-corrected chi connectivity index (χ4v) is 2.65. The van der Waals surface area contributed by atoms with Gasteiger partial charge in [0.25, 0.3) is 5.92 Å². The maximum Gasteiger partial charge on any atom is 0.278 e. The van der Waals surface area contributed by atoms with Crippen molar-refractivity contribution in [3.63, 3.8) is 0 Å². The number of carbonyl (C=O) groups is 1. The lowest BCUT2D eigenvalue weighted by Gasteiger charge is -2.14. The Morgan fingerprint density at radius 3 is 2.76 bits per heavy atom. The Labute approximate surface area is 167 Å². The number of amides is 1. The maximum atomic E-state index is 13.0. The molecule has 0 bridgehead atoms. The van der Waals surface area contributed by atoms with Crippen molar-refractivity contribution in [2.75, 3.05) is 11.9 Å². The van der Waals surface area contributed by atoms with Gasteiger partial charge in [0.2, 0.25) is 5.91 Å². The van der Waals surface area contributed by atoms with E-state index >= 15 is 0 Å². The van der Waals surface area contributed by atoms with Crippen LogP contribution in [0.4, 0.5) is 14.6 Å². The third kappa shape index (κ3) is 5.24. The summed E-state index contributed by atoms with van der Waals surface area (Å²) in [5.74, 6) is -2.41. The second-order valence-corrected chi connectivity index (χ2v) is 7.36. The summed E-state index contributed by atoms with van der Waals surface area (Å²) in [6.07, 6.45) is 4.82. The van der Waals surface area contributed by atoms with Gasteiger partial charge in [-0.15, -0.1) is 0 Å². The molecule has 7 nitrogen and oxygen atoms in total. The number of nitrogens with one attached hydrogen (secondary N) is 1. The molecule has 154 valence electrons. The predicted molar refractivity (Wildman–Crippen MR) is 105 cm³/mol. The van der Waals surface area contributed by atoms with Gasteiger partial charge in [-0.3, -0.25) is 14.5 Å². The molecule has 0 saturated carbocycles. The molecule has 0 saturated heterocycles. The first-order chi connectivity index (χ1) is 13.6. The molecule has 29 heavy (non-hydrogen) atoms. The molecule has 0 aliphatic heterocycles. The van der Waals surface area contributed by atoms with Gasteiger partial charge in [-0.05, 0) is 24.6 Å². The molecule has 3 rings (SSSR count). The van der Waals surface area contributed by atoms with Crippen LogP contribution in [0, 0.1) is 12.8 Å². The topological polar surface area (TPSA) is 81.9 Å². The molecule has 1 N–H and O–H groups in total. The molecule has 0 radical (unpaired) electrons. The number of carbonyl (C=O) groups excluding carboxylic acids is 1. The van der Waals surface area contributed by atoms with Gasteiger partial charge in [0.1, 0.15) is 11.6 Å². The minimum atomic E-state index is -2.91. The van der Waals surface area contributed by atoms with E-state index in [1.54, 1.807) is 36.1 Å². The molecular formula is C20H23F2N5O2. The fraction of sp³-hybridized carbons (Fsp3) is 0.400. The third-order valence-electron chi connectivity index (χ3n) is 4.17. The van der Waals surface area contributed by atoms with E-state index in [0.717, 1.165) is 12.3 Å². The number of nitrogens with zero attached hydrogens (tertiary/aromatic N) is 4. The highest BCUT2D eigenvalue weighted by Gasteiger charge is 2.22. The van der Waals surface area contributed by atoms with Gasteiger partial charge in [-0.1, -0.05) is 13.8 Å². The Morgan fingerprint density at radius 2 is 2.10 bits per heavy atom. The van der Waals surface area contributed by atoms with Crippen LogP contribution in [0.5, 0.6) is 5.75 Å². The number of fused-ring (bicyclic) bond motifs is 1. The number of hydrogen-bond donors (Lipinski definition) is 1. The van der Waals surface area contributed by atoms with Crippen LogP contribution in [0.15, 0.2) is 30.7 Å². The standard InChI is InChI=1S/C20H23F2N5O2/c1-12(2)19(28)25-18-15-10-27(26-16(15)5-6-23-18)9-14-7-13(3)17(8-24-14)29-11-20(4,21)22/h5-8,10,12H,9,11H2,1-4H3,(H,23,25,28). The Balaban J connectivity index is 1.78. The number of halogens is 2. The van der Waals surface area contributed by atoms with E-state index in [0.29, 0.717) is 34.9 Å². The zero-order chi connectivity index (χ0) is 21.2. The van der Waals surface area contributed by atoms with E-state index in [1.165, 1.54) is 6.20 Å². The minimum absolute atomic E-state index is 0.122. The normalized spacial score (nSPS) is 11.8. The van der Waals surface area contributed by atoms with Crippen LogP contribution >= 0.6 is 0 Å². The zero-order valence-corrected chi connectivity index (χ0v) is 16.7. The molecule has 0 aromatic carbocycles. The number of alkyl halides is 2. The summed E-state index contributed by atoms with van der Waals surface area (Å²) in [6, 6.07) is 3.53. The highest BCUT2D eigenvalue weighted by Crippen LogP contribution is 2.23. The van der Waals surface area contributed by atoms with Crippen molar-refractivity contribution in [3.8, 4) is 5.75 Å². The monoisotopic (exact) mass is 403 g/mol. The zero-order valence-electron chi connectivity index (χ0n) is 16.7. The molecule has 0 atom stereocenters. The summed E-state index contributed by atoms with van der Waals surface area (Å²) in [7, 11) is 0. The smallest absolute Gasteiger partial charge is 0.278 e. The molecule has 0 spiro atoms. The second kappa shape index (κ2) is 8.10. The van der Waals surface area contributed by atoms with E-state index in [1.807, 2.05) is 13.8 Å². The van der Waals surface area contributed by atoms with Crippen LogP contribution in [0.1, 0.15) is 32.0 Å². The van der Waals surface area contributed by atoms with Crippen molar-refractivity contribution < 1.29 is 18.3 Å². The summed E-state index contributed by atoms with van der Waals surface area (Å²) in [5.41, 5.74) is 2.11. The lowest BCUT2D eigenvalue weighted by atomic mass is 10.2. The lowest BCUT2D eigenvalue weighted by molar-refractivity contribution is -0.118. The van der Waals surface area contributed by atoms with Gasteiger partial charge in [0, 0.05) is 25.2 Å². The van der Waals surface area contributed by atoms with Gasteiger partial charge in [0.05, 0.1) is 29.3 Å².